The summed E-state index contributed by atoms with van der Waals surface area (Å²) in [6, 6.07) is 6.56. The van der Waals surface area contributed by atoms with Crippen molar-refractivity contribution in [3.05, 3.63) is 52.8 Å². The van der Waals surface area contributed by atoms with E-state index in [0.29, 0.717) is 17.2 Å². The maximum atomic E-state index is 12.5. The van der Waals surface area contributed by atoms with Gasteiger partial charge in [0.25, 0.3) is 5.91 Å². The van der Waals surface area contributed by atoms with E-state index < -0.39 is 11.7 Å². The van der Waals surface area contributed by atoms with Gasteiger partial charge >= 0.3 is 6.18 Å². The van der Waals surface area contributed by atoms with Crippen LogP contribution in [0.2, 0.25) is 0 Å². The number of halogens is 3. The Labute approximate surface area is 131 Å². The molecule has 1 aromatic carbocycles. The minimum atomic E-state index is -4.35. The summed E-state index contributed by atoms with van der Waals surface area (Å²) in [5.74, 6) is 0.220. The molecule has 1 heterocycles. The Morgan fingerprint density at radius 3 is 2.52 bits per heavy atom. The maximum absolute atomic E-state index is 12.5. The second-order valence-corrected chi connectivity index (χ2v) is 5.84. The van der Waals surface area contributed by atoms with Crippen molar-refractivity contribution in [2.75, 3.05) is 7.05 Å². The topological polar surface area (TPSA) is 49.0 Å². The number of carbonyl (C=O) groups is 1. The molecule has 0 atom stereocenters. The molecule has 1 amide bonds. The fraction of sp³-hybridized carbons (Fsp3) is 0.375. The van der Waals surface area contributed by atoms with Gasteiger partial charge in [-0.25, -0.2) is 0 Å². The molecule has 1 saturated carbocycles. The van der Waals surface area contributed by atoms with Crippen molar-refractivity contribution in [3.8, 4) is 0 Å². The highest BCUT2D eigenvalue weighted by Crippen LogP contribution is 2.39. The van der Waals surface area contributed by atoms with E-state index in [1.165, 1.54) is 17.0 Å². The molecule has 1 N–H and O–H groups in total. The summed E-state index contributed by atoms with van der Waals surface area (Å²) in [5.41, 5.74) is 1.24. The smallest absolute Gasteiger partial charge is 0.336 e. The highest BCUT2D eigenvalue weighted by atomic mass is 19.4. The number of aromatic nitrogens is 2. The summed E-state index contributed by atoms with van der Waals surface area (Å²) in [5, 5.41) is 6.89. The minimum Gasteiger partial charge on any atom is -0.336 e. The maximum Gasteiger partial charge on any atom is 0.416 e. The molecule has 0 saturated heterocycles. The van der Waals surface area contributed by atoms with Crippen LogP contribution in [0, 0.1) is 0 Å². The van der Waals surface area contributed by atoms with E-state index in [2.05, 4.69) is 10.2 Å². The SMILES string of the molecule is CN(Cc1ccc(C(F)(F)F)cc1)C(=O)c1cc(C2CC2)[nH]n1. The second kappa shape index (κ2) is 5.72. The molecule has 4 nitrogen and oxygen atoms in total. The van der Waals surface area contributed by atoms with Gasteiger partial charge in [-0.05, 0) is 36.6 Å². The zero-order valence-corrected chi connectivity index (χ0v) is 12.5. The molecule has 1 fully saturated rings. The van der Waals surface area contributed by atoms with Crippen LogP contribution in [0.3, 0.4) is 0 Å². The van der Waals surface area contributed by atoms with E-state index in [-0.39, 0.29) is 12.5 Å². The van der Waals surface area contributed by atoms with Crippen LogP contribution < -0.4 is 0 Å². The minimum absolute atomic E-state index is 0.225. The summed E-state index contributed by atoms with van der Waals surface area (Å²) in [6.45, 7) is 0.225. The molecule has 23 heavy (non-hydrogen) atoms. The number of hydrogen-bond acceptors (Lipinski definition) is 2. The van der Waals surface area contributed by atoms with Gasteiger partial charge in [0.15, 0.2) is 0 Å². The average Bonchev–Trinajstić information content (AvgIpc) is 3.23. The molecular formula is C16H16F3N3O. The number of nitrogens with zero attached hydrogens (tertiary/aromatic N) is 2. The van der Waals surface area contributed by atoms with Crippen LogP contribution in [0.15, 0.2) is 30.3 Å². The first-order valence-corrected chi connectivity index (χ1v) is 7.31. The molecule has 2 aromatic rings. The van der Waals surface area contributed by atoms with E-state index in [9.17, 15) is 18.0 Å². The molecule has 1 aromatic heterocycles. The molecule has 0 bridgehead atoms. The quantitative estimate of drug-likeness (QED) is 0.935. The van der Waals surface area contributed by atoms with Gasteiger partial charge in [-0.3, -0.25) is 9.89 Å². The van der Waals surface area contributed by atoms with Crippen LogP contribution in [0.25, 0.3) is 0 Å². The van der Waals surface area contributed by atoms with Crippen LogP contribution in [0.5, 0.6) is 0 Å². The molecule has 0 radical (unpaired) electrons. The highest BCUT2D eigenvalue weighted by Gasteiger charge is 2.30. The predicted molar refractivity (Wildman–Crippen MR) is 77.8 cm³/mol. The van der Waals surface area contributed by atoms with Crippen LogP contribution in [0.1, 0.15) is 46.1 Å². The zero-order valence-electron chi connectivity index (χ0n) is 12.5. The first-order chi connectivity index (χ1) is 10.8. The first-order valence-electron chi connectivity index (χ1n) is 7.31. The Morgan fingerprint density at radius 1 is 1.30 bits per heavy atom. The monoisotopic (exact) mass is 323 g/mol. The van der Waals surface area contributed by atoms with Crippen molar-refractivity contribution >= 4 is 5.91 Å². The average molecular weight is 323 g/mol. The molecule has 0 spiro atoms. The van der Waals surface area contributed by atoms with Crippen molar-refractivity contribution in [1.82, 2.24) is 15.1 Å². The number of nitrogens with one attached hydrogen (secondary N) is 1. The number of H-pyrrole nitrogens is 1. The van der Waals surface area contributed by atoms with E-state index >= 15 is 0 Å². The third-order valence-corrected chi connectivity index (χ3v) is 3.88. The molecule has 7 heteroatoms. The number of rotatable bonds is 4. The molecule has 1 aliphatic carbocycles. The summed E-state index contributed by atoms with van der Waals surface area (Å²) in [4.78, 5) is 13.7. The lowest BCUT2D eigenvalue weighted by atomic mass is 10.1. The van der Waals surface area contributed by atoms with E-state index in [0.717, 1.165) is 30.7 Å². The molecular weight excluding hydrogens is 307 g/mol. The van der Waals surface area contributed by atoms with Crippen LogP contribution >= 0.6 is 0 Å². The molecule has 3 rings (SSSR count). The third-order valence-electron chi connectivity index (χ3n) is 3.88. The zero-order chi connectivity index (χ0) is 16.6. The van der Waals surface area contributed by atoms with E-state index in [1.54, 1.807) is 13.1 Å². The Morgan fingerprint density at radius 2 is 1.96 bits per heavy atom. The summed E-state index contributed by atoms with van der Waals surface area (Å²) in [6.07, 6.45) is -2.14. The van der Waals surface area contributed by atoms with E-state index in [1.807, 2.05) is 0 Å². The van der Waals surface area contributed by atoms with Gasteiger partial charge in [-0.1, -0.05) is 12.1 Å². The normalized spacial score (nSPS) is 14.8. The van der Waals surface area contributed by atoms with Crippen molar-refractivity contribution in [3.63, 3.8) is 0 Å². The first kappa shape index (κ1) is 15.6. The Hall–Kier alpha value is -2.31. The number of aromatic amines is 1. The Balaban J connectivity index is 1.65. The Bertz CT molecular complexity index is 702. The largest absolute Gasteiger partial charge is 0.416 e. The molecule has 0 aliphatic heterocycles. The fourth-order valence-corrected chi connectivity index (χ4v) is 2.39. The third kappa shape index (κ3) is 3.55. The lowest BCUT2D eigenvalue weighted by Gasteiger charge is -2.16. The van der Waals surface area contributed by atoms with Gasteiger partial charge in [0.2, 0.25) is 0 Å². The lowest BCUT2D eigenvalue weighted by molar-refractivity contribution is -0.137. The van der Waals surface area contributed by atoms with Crippen molar-refractivity contribution in [1.29, 1.82) is 0 Å². The number of carbonyl (C=O) groups excluding carboxylic acids is 1. The van der Waals surface area contributed by atoms with Gasteiger partial charge in [0, 0.05) is 25.2 Å². The number of amides is 1. The standard InChI is InChI=1S/C16H16F3N3O/c1-22(9-10-2-6-12(7-3-10)16(17,18)19)15(23)14-8-13(20-21-14)11-4-5-11/h2-3,6-8,11H,4-5,9H2,1H3,(H,20,21). The van der Waals surface area contributed by atoms with Crippen molar-refractivity contribution in [2.45, 2.75) is 31.5 Å². The molecule has 0 unspecified atom stereocenters. The molecule has 122 valence electrons. The van der Waals surface area contributed by atoms with Crippen LogP contribution in [-0.2, 0) is 12.7 Å². The van der Waals surface area contributed by atoms with Gasteiger partial charge in [-0.2, -0.15) is 18.3 Å². The number of benzene rings is 1. The van der Waals surface area contributed by atoms with Gasteiger partial charge in [0.05, 0.1) is 5.56 Å². The lowest BCUT2D eigenvalue weighted by Crippen LogP contribution is -2.26. The van der Waals surface area contributed by atoms with Gasteiger partial charge in [0.1, 0.15) is 5.69 Å². The number of hydrogen-bond donors (Lipinski definition) is 1. The van der Waals surface area contributed by atoms with Crippen LogP contribution in [0.4, 0.5) is 13.2 Å². The highest BCUT2D eigenvalue weighted by molar-refractivity contribution is 5.92. The second-order valence-electron chi connectivity index (χ2n) is 5.84. The fourth-order valence-electron chi connectivity index (χ4n) is 2.39. The Kier molecular flexibility index (Phi) is 3.87. The van der Waals surface area contributed by atoms with Crippen molar-refractivity contribution in [2.24, 2.45) is 0 Å². The predicted octanol–water partition coefficient (Wildman–Crippen LogP) is 3.58. The number of alkyl halides is 3. The van der Waals surface area contributed by atoms with Gasteiger partial charge < -0.3 is 4.90 Å². The van der Waals surface area contributed by atoms with Crippen molar-refractivity contribution < 1.29 is 18.0 Å². The van der Waals surface area contributed by atoms with Gasteiger partial charge in [-0.15, -0.1) is 0 Å². The summed E-state index contributed by atoms with van der Waals surface area (Å²) < 4.78 is 37.6. The van der Waals surface area contributed by atoms with Crippen LogP contribution in [-0.4, -0.2) is 28.1 Å². The summed E-state index contributed by atoms with van der Waals surface area (Å²) in [7, 11) is 1.60. The summed E-state index contributed by atoms with van der Waals surface area (Å²) >= 11 is 0. The molecule has 1 aliphatic rings. The van der Waals surface area contributed by atoms with E-state index in [4.69, 9.17) is 0 Å².